The van der Waals surface area contributed by atoms with Gasteiger partial charge in [0.15, 0.2) is 5.78 Å². The van der Waals surface area contributed by atoms with Gasteiger partial charge in [-0.15, -0.1) is 0 Å². The highest BCUT2D eigenvalue weighted by atomic mass is 35.5. The van der Waals surface area contributed by atoms with Crippen LogP contribution in [-0.4, -0.2) is 33.8 Å². The Balaban J connectivity index is 1.55. The number of carbonyl (C=O) groups excluding carboxylic acids is 3. The van der Waals surface area contributed by atoms with Gasteiger partial charge in [-0.1, -0.05) is 18.5 Å². The number of aromatic nitrogens is 2. The summed E-state index contributed by atoms with van der Waals surface area (Å²) >= 11 is 5.77. The van der Waals surface area contributed by atoms with Crippen LogP contribution < -0.4 is 15.4 Å². The lowest BCUT2D eigenvalue weighted by Gasteiger charge is -2.15. The third-order valence-corrected chi connectivity index (χ3v) is 5.76. The number of nitriles is 1. The molecule has 1 aromatic carbocycles. The van der Waals surface area contributed by atoms with Gasteiger partial charge < -0.3 is 10.1 Å². The van der Waals surface area contributed by atoms with Gasteiger partial charge in [0, 0.05) is 36.3 Å². The Labute approximate surface area is 210 Å². The molecule has 36 heavy (non-hydrogen) atoms. The topological polar surface area (TPSA) is 134 Å². The van der Waals surface area contributed by atoms with E-state index in [4.69, 9.17) is 21.6 Å². The number of pyridine rings is 2. The van der Waals surface area contributed by atoms with E-state index in [9.17, 15) is 14.4 Å². The third-order valence-electron chi connectivity index (χ3n) is 5.53. The van der Waals surface area contributed by atoms with Crippen molar-refractivity contribution in [1.82, 2.24) is 15.3 Å². The number of amides is 2. The Bertz CT molecular complexity index is 1370. The molecule has 4 rings (SSSR count). The number of rotatable bonds is 7. The fourth-order valence-electron chi connectivity index (χ4n) is 3.62. The second kappa shape index (κ2) is 10.5. The van der Waals surface area contributed by atoms with Crippen molar-refractivity contribution in [2.75, 3.05) is 5.32 Å². The van der Waals surface area contributed by atoms with E-state index >= 15 is 4.39 Å². The van der Waals surface area contributed by atoms with Gasteiger partial charge in [-0.2, -0.15) is 5.26 Å². The average molecular weight is 508 g/mol. The Kier molecular flexibility index (Phi) is 7.22. The number of ether oxygens (including phenoxy) is 1. The molecule has 0 unspecified atom stereocenters. The highest BCUT2D eigenvalue weighted by Crippen LogP contribution is 2.47. The summed E-state index contributed by atoms with van der Waals surface area (Å²) in [5, 5.41) is 14.3. The Morgan fingerprint density at radius 3 is 2.61 bits per heavy atom. The van der Waals surface area contributed by atoms with Crippen LogP contribution in [0.25, 0.3) is 0 Å². The standard InChI is InChI=1S/C25H19ClFN5O4/c1-2-19(33)15-5-6-17(27)22(23(15)36-24(34)14-4-7-20(26)29-12-14)16-9-18(16)31-25(35)32-21-8-3-13(10-28)11-30-21/h3-8,11-12,16,18H,2,9H2,1H3,(H2,30,31,32,35)/t16-,18+/m1/s1. The van der Waals surface area contributed by atoms with E-state index in [-0.39, 0.29) is 45.6 Å². The molecule has 0 bridgehead atoms. The normalized spacial score (nSPS) is 15.9. The Hall–Kier alpha value is -4.36. The SMILES string of the molecule is CCC(=O)c1ccc(F)c([C@@H]2C[C@@H]2NC(=O)Nc2ccc(C#N)cn2)c1OC(=O)c1ccc(Cl)nc1. The molecule has 0 aliphatic heterocycles. The van der Waals surface area contributed by atoms with E-state index < -0.39 is 29.8 Å². The maximum absolute atomic E-state index is 15.0. The quantitative estimate of drug-likeness (QED) is 0.206. The van der Waals surface area contributed by atoms with Gasteiger partial charge in [-0.25, -0.2) is 23.9 Å². The molecule has 1 saturated carbocycles. The summed E-state index contributed by atoms with van der Waals surface area (Å²) in [6.45, 7) is 1.64. The predicted molar refractivity (Wildman–Crippen MR) is 127 cm³/mol. The molecule has 11 heteroatoms. The Morgan fingerprint density at radius 2 is 1.97 bits per heavy atom. The van der Waals surface area contributed by atoms with Crippen LogP contribution in [0.4, 0.5) is 15.0 Å². The number of esters is 1. The molecule has 2 atom stereocenters. The Morgan fingerprint density at radius 1 is 1.17 bits per heavy atom. The van der Waals surface area contributed by atoms with Crippen molar-refractivity contribution in [1.29, 1.82) is 5.26 Å². The van der Waals surface area contributed by atoms with E-state index in [1.54, 1.807) is 6.92 Å². The molecule has 9 nitrogen and oxygen atoms in total. The van der Waals surface area contributed by atoms with E-state index in [0.717, 1.165) is 6.07 Å². The van der Waals surface area contributed by atoms with Gasteiger partial charge in [-0.3, -0.25) is 10.1 Å². The zero-order valence-corrected chi connectivity index (χ0v) is 19.7. The number of nitrogens with one attached hydrogen (secondary N) is 2. The van der Waals surface area contributed by atoms with Crippen LogP contribution in [0.2, 0.25) is 5.15 Å². The van der Waals surface area contributed by atoms with Gasteiger partial charge in [0.2, 0.25) is 0 Å². The molecule has 1 aliphatic rings. The number of urea groups is 1. The van der Waals surface area contributed by atoms with Crippen LogP contribution >= 0.6 is 11.6 Å². The summed E-state index contributed by atoms with van der Waals surface area (Å²) in [6, 6.07) is 9.10. The lowest BCUT2D eigenvalue weighted by molar-refractivity contribution is 0.0729. The molecular weight excluding hydrogens is 489 g/mol. The molecule has 2 aromatic heterocycles. The van der Waals surface area contributed by atoms with Crippen molar-refractivity contribution in [3.63, 3.8) is 0 Å². The van der Waals surface area contributed by atoms with Crippen molar-refractivity contribution in [2.24, 2.45) is 0 Å². The number of carbonyl (C=O) groups is 3. The first-order chi connectivity index (χ1) is 17.3. The number of ketones is 1. The van der Waals surface area contributed by atoms with Crippen molar-refractivity contribution in [3.05, 3.63) is 82.0 Å². The molecule has 0 spiro atoms. The smallest absolute Gasteiger partial charge is 0.345 e. The number of Topliss-reactive ketones (excluding diaryl/α,β-unsaturated/α-hetero) is 1. The zero-order valence-electron chi connectivity index (χ0n) is 18.9. The van der Waals surface area contributed by atoms with Gasteiger partial charge in [-0.05, 0) is 42.8 Å². The zero-order chi connectivity index (χ0) is 25.8. The monoisotopic (exact) mass is 507 g/mol. The lowest BCUT2D eigenvalue weighted by Crippen LogP contribution is -2.31. The number of halogens is 2. The third kappa shape index (κ3) is 5.47. The molecular formula is C25H19ClFN5O4. The summed E-state index contributed by atoms with van der Waals surface area (Å²) in [6.07, 6.45) is 3.01. The highest BCUT2D eigenvalue weighted by Gasteiger charge is 2.44. The maximum Gasteiger partial charge on any atom is 0.345 e. The molecule has 2 amide bonds. The van der Waals surface area contributed by atoms with Crippen molar-refractivity contribution in [3.8, 4) is 11.8 Å². The van der Waals surface area contributed by atoms with Gasteiger partial charge in [0.05, 0.1) is 16.7 Å². The van der Waals surface area contributed by atoms with Gasteiger partial charge >= 0.3 is 12.0 Å². The summed E-state index contributed by atoms with van der Waals surface area (Å²) in [5.74, 6) is -2.29. The fourth-order valence-corrected chi connectivity index (χ4v) is 3.73. The predicted octanol–water partition coefficient (Wildman–Crippen LogP) is 4.63. The molecule has 1 fully saturated rings. The summed E-state index contributed by atoms with van der Waals surface area (Å²) in [7, 11) is 0. The van der Waals surface area contributed by atoms with Crippen LogP contribution in [0, 0.1) is 17.1 Å². The second-order valence-corrected chi connectivity index (χ2v) is 8.35. The molecule has 0 saturated heterocycles. The van der Waals surface area contributed by atoms with E-state index in [2.05, 4.69) is 20.6 Å². The minimum absolute atomic E-state index is 0.0337. The van der Waals surface area contributed by atoms with E-state index in [1.165, 1.54) is 42.7 Å². The molecule has 2 N–H and O–H groups in total. The number of hydrogen-bond acceptors (Lipinski definition) is 7. The number of hydrogen-bond donors (Lipinski definition) is 2. The maximum atomic E-state index is 15.0. The van der Waals surface area contributed by atoms with Crippen LogP contribution in [-0.2, 0) is 0 Å². The van der Waals surface area contributed by atoms with E-state index in [0.29, 0.717) is 12.0 Å². The summed E-state index contributed by atoms with van der Waals surface area (Å²) in [4.78, 5) is 45.5. The largest absolute Gasteiger partial charge is 0.422 e. The first-order valence-corrected chi connectivity index (χ1v) is 11.3. The molecule has 0 radical (unpaired) electrons. The molecule has 2 heterocycles. The summed E-state index contributed by atoms with van der Waals surface area (Å²) in [5.41, 5.74) is 0.522. The van der Waals surface area contributed by atoms with Crippen LogP contribution in [0.15, 0.2) is 48.8 Å². The van der Waals surface area contributed by atoms with Crippen LogP contribution in [0.3, 0.4) is 0 Å². The number of nitrogens with zero attached hydrogens (tertiary/aromatic N) is 3. The number of anilines is 1. The van der Waals surface area contributed by atoms with Crippen molar-refractivity contribution < 1.29 is 23.5 Å². The second-order valence-electron chi connectivity index (χ2n) is 7.96. The molecule has 182 valence electrons. The van der Waals surface area contributed by atoms with Gasteiger partial charge in [0.25, 0.3) is 0 Å². The minimum atomic E-state index is -0.828. The highest BCUT2D eigenvalue weighted by molar-refractivity contribution is 6.29. The van der Waals surface area contributed by atoms with Gasteiger partial charge in [0.1, 0.15) is 28.6 Å². The van der Waals surface area contributed by atoms with E-state index in [1.807, 2.05) is 6.07 Å². The first-order valence-electron chi connectivity index (χ1n) is 10.9. The number of benzene rings is 1. The lowest BCUT2D eigenvalue weighted by atomic mass is 10.00. The minimum Gasteiger partial charge on any atom is -0.422 e. The average Bonchev–Trinajstić information content (AvgIpc) is 3.62. The van der Waals surface area contributed by atoms with Crippen molar-refractivity contribution >= 4 is 35.2 Å². The van der Waals surface area contributed by atoms with Crippen molar-refractivity contribution in [2.45, 2.75) is 31.7 Å². The van der Waals surface area contributed by atoms with Crippen LogP contribution in [0.1, 0.15) is 57.5 Å². The first kappa shape index (κ1) is 24.8. The van der Waals surface area contributed by atoms with Crippen LogP contribution in [0.5, 0.6) is 5.75 Å². The molecule has 1 aliphatic carbocycles. The fraction of sp³-hybridized carbons (Fsp3) is 0.200. The summed E-state index contributed by atoms with van der Waals surface area (Å²) < 4.78 is 20.6. The molecule has 3 aromatic rings.